The van der Waals surface area contributed by atoms with Gasteiger partial charge in [-0.05, 0) is 49.5 Å². The largest absolute Gasteiger partial charge is 0.352 e. The average Bonchev–Trinajstić information content (AvgIpc) is 2.47. The van der Waals surface area contributed by atoms with Crippen LogP contribution in [0.4, 0.5) is 0 Å². The normalized spacial score (nSPS) is 19.6. The molecule has 0 aliphatic carbocycles. The minimum atomic E-state index is -0.317. The van der Waals surface area contributed by atoms with Crippen LogP contribution in [0.25, 0.3) is 0 Å². The fourth-order valence-corrected chi connectivity index (χ4v) is 2.93. The summed E-state index contributed by atoms with van der Waals surface area (Å²) in [5.41, 5.74) is 0.808. The van der Waals surface area contributed by atoms with Gasteiger partial charge in [0, 0.05) is 16.4 Å². The Morgan fingerprint density at radius 2 is 2.10 bits per heavy atom. The Kier molecular flexibility index (Phi) is 5.22. The van der Waals surface area contributed by atoms with Crippen LogP contribution >= 0.6 is 15.9 Å². The molecule has 1 aromatic carbocycles. The molecule has 3 nitrogen and oxygen atoms in total. The molecule has 1 atom stereocenters. The summed E-state index contributed by atoms with van der Waals surface area (Å²) in [5, 5.41) is 6.46. The summed E-state index contributed by atoms with van der Waals surface area (Å²) >= 11 is 3.42. The second-order valence-corrected chi connectivity index (χ2v) is 6.99. The highest BCUT2D eigenvalue weighted by atomic mass is 79.9. The summed E-state index contributed by atoms with van der Waals surface area (Å²) in [6, 6.07) is 8.05. The van der Waals surface area contributed by atoms with Crippen LogP contribution in [0, 0.1) is 11.3 Å². The lowest BCUT2D eigenvalue weighted by molar-refractivity contribution is -0.132. The highest BCUT2D eigenvalue weighted by Gasteiger charge is 2.36. The van der Waals surface area contributed by atoms with Crippen molar-refractivity contribution in [2.75, 3.05) is 13.1 Å². The summed E-state index contributed by atoms with van der Waals surface area (Å²) in [5.74, 6) is 0.565. The van der Waals surface area contributed by atoms with Gasteiger partial charge in [-0.1, -0.05) is 41.9 Å². The number of halogens is 1. The van der Waals surface area contributed by atoms with E-state index in [4.69, 9.17) is 0 Å². The number of carbonyl (C=O) groups is 1. The van der Waals surface area contributed by atoms with Gasteiger partial charge in [0.25, 0.3) is 0 Å². The number of benzene rings is 1. The Balaban J connectivity index is 1.91. The summed E-state index contributed by atoms with van der Waals surface area (Å²) in [6.07, 6.45) is 2.29. The van der Waals surface area contributed by atoms with Gasteiger partial charge in [-0.3, -0.25) is 4.79 Å². The van der Waals surface area contributed by atoms with Crippen LogP contribution in [0.2, 0.25) is 0 Å². The lowest BCUT2D eigenvalue weighted by Crippen LogP contribution is -2.47. The van der Waals surface area contributed by atoms with Crippen LogP contribution in [0.15, 0.2) is 28.7 Å². The van der Waals surface area contributed by atoms with Crippen LogP contribution < -0.4 is 10.6 Å². The van der Waals surface area contributed by atoms with Crippen molar-refractivity contribution in [2.45, 2.75) is 33.2 Å². The van der Waals surface area contributed by atoms with Crippen molar-refractivity contribution < 1.29 is 4.79 Å². The van der Waals surface area contributed by atoms with Crippen LogP contribution in [0.1, 0.15) is 32.3 Å². The second-order valence-electron chi connectivity index (χ2n) is 6.07. The summed E-state index contributed by atoms with van der Waals surface area (Å²) in [7, 11) is 0. The van der Waals surface area contributed by atoms with Crippen molar-refractivity contribution in [3.63, 3.8) is 0 Å². The molecule has 0 aromatic heterocycles. The smallest absolute Gasteiger partial charge is 0.226 e. The van der Waals surface area contributed by atoms with E-state index in [1.54, 1.807) is 0 Å². The third-order valence-electron chi connectivity index (χ3n) is 4.27. The number of nitrogens with one attached hydrogen (secondary N) is 2. The molecule has 0 saturated carbocycles. The van der Waals surface area contributed by atoms with Crippen molar-refractivity contribution in [1.82, 2.24) is 10.6 Å². The van der Waals surface area contributed by atoms with Gasteiger partial charge in [-0.15, -0.1) is 0 Å². The first-order valence-electron chi connectivity index (χ1n) is 7.23. The van der Waals surface area contributed by atoms with E-state index in [0.29, 0.717) is 12.5 Å². The third kappa shape index (κ3) is 3.83. The zero-order valence-electron chi connectivity index (χ0n) is 12.2. The van der Waals surface area contributed by atoms with Crippen molar-refractivity contribution in [3.05, 3.63) is 34.3 Å². The van der Waals surface area contributed by atoms with Gasteiger partial charge in [0.2, 0.25) is 5.91 Å². The standard InChI is InChI=1S/C16H23BrN2O/c1-16(2,13-4-3-9-18-11-13)15(20)19-10-12-5-7-14(17)8-6-12/h5-8,13,18H,3-4,9-11H2,1-2H3,(H,19,20). The minimum absolute atomic E-state index is 0.147. The molecule has 1 aliphatic rings. The number of hydrogen-bond acceptors (Lipinski definition) is 2. The lowest BCUT2D eigenvalue weighted by atomic mass is 9.74. The highest BCUT2D eigenvalue weighted by Crippen LogP contribution is 2.32. The molecule has 0 radical (unpaired) electrons. The molecule has 1 heterocycles. The van der Waals surface area contributed by atoms with Gasteiger partial charge >= 0.3 is 0 Å². The van der Waals surface area contributed by atoms with Crippen molar-refractivity contribution >= 4 is 21.8 Å². The highest BCUT2D eigenvalue weighted by molar-refractivity contribution is 9.10. The molecule has 1 unspecified atom stereocenters. The first-order valence-corrected chi connectivity index (χ1v) is 8.03. The van der Waals surface area contributed by atoms with Crippen LogP contribution in [0.3, 0.4) is 0 Å². The van der Waals surface area contributed by atoms with Crippen LogP contribution in [-0.4, -0.2) is 19.0 Å². The van der Waals surface area contributed by atoms with E-state index in [0.717, 1.165) is 36.0 Å². The van der Waals surface area contributed by atoms with Gasteiger partial charge in [-0.25, -0.2) is 0 Å². The number of carbonyl (C=O) groups excluding carboxylic acids is 1. The topological polar surface area (TPSA) is 41.1 Å². The van der Waals surface area contributed by atoms with Gasteiger partial charge in [-0.2, -0.15) is 0 Å². The lowest BCUT2D eigenvalue weighted by Gasteiger charge is -2.36. The van der Waals surface area contributed by atoms with E-state index in [2.05, 4.69) is 40.4 Å². The maximum Gasteiger partial charge on any atom is 0.226 e. The van der Waals surface area contributed by atoms with Gasteiger partial charge in [0.1, 0.15) is 0 Å². The van der Waals surface area contributed by atoms with Gasteiger partial charge in [0.05, 0.1) is 0 Å². The Morgan fingerprint density at radius 1 is 1.40 bits per heavy atom. The molecule has 1 aromatic rings. The van der Waals surface area contributed by atoms with Crippen molar-refractivity contribution in [3.8, 4) is 0 Å². The fourth-order valence-electron chi connectivity index (χ4n) is 2.67. The number of amides is 1. The molecule has 2 N–H and O–H groups in total. The van der Waals surface area contributed by atoms with Gasteiger partial charge in [0.15, 0.2) is 0 Å². The molecule has 0 spiro atoms. The molecule has 1 saturated heterocycles. The van der Waals surface area contributed by atoms with E-state index >= 15 is 0 Å². The molecule has 4 heteroatoms. The zero-order chi connectivity index (χ0) is 14.6. The first-order chi connectivity index (χ1) is 9.50. The maximum atomic E-state index is 12.5. The first kappa shape index (κ1) is 15.5. The average molecular weight is 339 g/mol. The van der Waals surface area contributed by atoms with Gasteiger partial charge < -0.3 is 10.6 Å². The SMILES string of the molecule is CC(C)(C(=O)NCc1ccc(Br)cc1)C1CCCNC1. The van der Waals surface area contributed by atoms with E-state index in [9.17, 15) is 4.79 Å². The van der Waals surface area contributed by atoms with E-state index in [-0.39, 0.29) is 11.3 Å². The Morgan fingerprint density at radius 3 is 2.70 bits per heavy atom. The summed E-state index contributed by atoms with van der Waals surface area (Å²) < 4.78 is 1.06. The fraction of sp³-hybridized carbons (Fsp3) is 0.562. The second kappa shape index (κ2) is 6.72. The Bertz CT molecular complexity index is 450. The molecule has 1 aliphatic heterocycles. The molecule has 1 amide bonds. The summed E-state index contributed by atoms with van der Waals surface area (Å²) in [6.45, 7) is 6.73. The summed E-state index contributed by atoms with van der Waals surface area (Å²) in [4.78, 5) is 12.5. The molecule has 0 bridgehead atoms. The van der Waals surface area contributed by atoms with Crippen LogP contribution in [-0.2, 0) is 11.3 Å². The number of piperidine rings is 1. The van der Waals surface area contributed by atoms with Crippen molar-refractivity contribution in [1.29, 1.82) is 0 Å². The molecular formula is C16H23BrN2O. The Labute approximate surface area is 129 Å². The molecule has 110 valence electrons. The van der Waals surface area contributed by atoms with Crippen LogP contribution in [0.5, 0.6) is 0 Å². The zero-order valence-corrected chi connectivity index (χ0v) is 13.8. The predicted octanol–water partition coefficient (Wildman–Crippen LogP) is 3.09. The molecular weight excluding hydrogens is 316 g/mol. The molecule has 2 rings (SSSR count). The quantitative estimate of drug-likeness (QED) is 0.885. The van der Waals surface area contributed by atoms with E-state index in [1.807, 2.05) is 24.3 Å². The maximum absolute atomic E-state index is 12.5. The number of hydrogen-bond donors (Lipinski definition) is 2. The molecule has 20 heavy (non-hydrogen) atoms. The minimum Gasteiger partial charge on any atom is -0.352 e. The Hall–Kier alpha value is -0.870. The van der Waals surface area contributed by atoms with E-state index in [1.165, 1.54) is 0 Å². The third-order valence-corrected chi connectivity index (χ3v) is 4.80. The van der Waals surface area contributed by atoms with E-state index < -0.39 is 0 Å². The molecule has 1 fully saturated rings. The number of rotatable bonds is 4. The predicted molar refractivity (Wildman–Crippen MR) is 85.4 cm³/mol. The van der Waals surface area contributed by atoms with Crippen molar-refractivity contribution in [2.24, 2.45) is 11.3 Å². The monoisotopic (exact) mass is 338 g/mol.